The summed E-state index contributed by atoms with van der Waals surface area (Å²) in [5.74, 6) is -1.19. The Morgan fingerprint density at radius 1 is 1.17 bits per heavy atom. The summed E-state index contributed by atoms with van der Waals surface area (Å²) in [6, 6.07) is 3.49. The molecule has 11 nitrogen and oxygen atoms in total. The van der Waals surface area contributed by atoms with Crippen molar-refractivity contribution >= 4 is 35.1 Å². The smallest absolute Gasteiger partial charge is 0.342 e. The lowest BCUT2D eigenvalue weighted by molar-refractivity contribution is -0.384. The van der Waals surface area contributed by atoms with E-state index in [1.54, 1.807) is 39.5 Å². The third-order valence-corrected chi connectivity index (χ3v) is 5.84. The monoisotopic (exact) mass is 503 g/mol. The predicted molar refractivity (Wildman–Crippen MR) is 127 cm³/mol. The first-order chi connectivity index (χ1) is 16.4. The molecular formula is C23H26ClN5O6. The van der Waals surface area contributed by atoms with Crippen LogP contribution in [0.1, 0.15) is 63.5 Å². The first-order valence-electron chi connectivity index (χ1n) is 11.0. The number of ether oxygens (including phenoxy) is 1. The van der Waals surface area contributed by atoms with E-state index >= 15 is 0 Å². The molecule has 3 rings (SSSR count). The van der Waals surface area contributed by atoms with Gasteiger partial charge in [-0.1, -0.05) is 11.6 Å². The van der Waals surface area contributed by atoms with E-state index in [0.717, 1.165) is 6.07 Å². The number of hydrogen-bond donors (Lipinski definition) is 0. The highest BCUT2D eigenvalue weighted by Crippen LogP contribution is 2.27. The van der Waals surface area contributed by atoms with Crippen LogP contribution in [0, 0.1) is 24.0 Å². The Morgan fingerprint density at radius 3 is 2.46 bits per heavy atom. The Morgan fingerprint density at radius 2 is 1.86 bits per heavy atom. The number of aryl methyl sites for hydroxylation is 2. The lowest BCUT2D eigenvalue weighted by atomic mass is 10.1. The molecule has 186 valence electrons. The lowest BCUT2D eigenvalue weighted by Gasteiger charge is -2.40. The zero-order valence-electron chi connectivity index (χ0n) is 20.1. The van der Waals surface area contributed by atoms with E-state index in [4.69, 9.17) is 16.3 Å². The second-order valence-electron chi connectivity index (χ2n) is 8.56. The molecule has 1 aromatic carbocycles. The van der Waals surface area contributed by atoms with Crippen LogP contribution in [0.4, 0.5) is 5.69 Å². The fourth-order valence-corrected chi connectivity index (χ4v) is 4.12. The van der Waals surface area contributed by atoms with Gasteiger partial charge in [-0.15, -0.1) is 0 Å². The van der Waals surface area contributed by atoms with Crippen LogP contribution in [0.15, 0.2) is 18.2 Å². The molecule has 2 heterocycles. The fraction of sp³-hybridized carbons (Fsp3) is 0.435. The largest absolute Gasteiger partial charge is 0.459 e. The van der Waals surface area contributed by atoms with Crippen LogP contribution < -0.4 is 0 Å². The lowest BCUT2D eigenvalue weighted by Crippen LogP contribution is -2.55. The summed E-state index contributed by atoms with van der Waals surface area (Å²) in [5, 5.41) is 11.1. The van der Waals surface area contributed by atoms with Crippen molar-refractivity contribution in [2.24, 2.45) is 0 Å². The van der Waals surface area contributed by atoms with Crippen LogP contribution >= 0.6 is 11.6 Å². The van der Waals surface area contributed by atoms with Crippen LogP contribution in [-0.2, 0) is 4.74 Å². The highest BCUT2D eigenvalue weighted by atomic mass is 35.5. The van der Waals surface area contributed by atoms with Crippen LogP contribution in [-0.4, -0.2) is 74.3 Å². The van der Waals surface area contributed by atoms with Crippen molar-refractivity contribution < 1.29 is 24.0 Å². The number of piperazine rings is 1. The van der Waals surface area contributed by atoms with E-state index in [0.29, 0.717) is 11.5 Å². The Balaban J connectivity index is 1.82. The fourth-order valence-electron chi connectivity index (χ4n) is 3.93. The summed E-state index contributed by atoms with van der Waals surface area (Å²) in [7, 11) is 0. The van der Waals surface area contributed by atoms with Gasteiger partial charge >= 0.3 is 5.97 Å². The van der Waals surface area contributed by atoms with Gasteiger partial charge in [0, 0.05) is 37.3 Å². The van der Waals surface area contributed by atoms with Crippen molar-refractivity contribution in [2.75, 3.05) is 19.6 Å². The van der Waals surface area contributed by atoms with Gasteiger partial charge in [0.1, 0.15) is 22.1 Å². The molecule has 35 heavy (non-hydrogen) atoms. The zero-order chi connectivity index (χ0) is 26.0. The van der Waals surface area contributed by atoms with E-state index < -0.39 is 28.7 Å². The van der Waals surface area contributed by atoms with Gasteiger partial charge in [0.15, 0.2) is 0 Å². The minimum absolute atomic E-state index is 0.0222. The van der Waals surface area contributed by atoms with Crippen LogP contribution in [0.2, 0.25) is 5.02 Å². The summed E-state index contributed by atoms with van der Waals surface area (Å²) in [5.41, 5.74) is 0.107. The number of nitro groups is 1. The standard InChI is InChI=1S/C23H26ClN5O6/c1-12(2)35-23(32)19-14(4)25-15(5)26-20(19)22(31)27-8-9-28(13(3)11-27)21(30)16-6-7-17(24)18(10-16)29(33)34/h6-7,10,12-13H,8-9,11H2,1-5H3. The molecule has 0 aliphatic carbocycles. The van der Waals surface area contributed by atoms with Crippen LogP contribution in [0.25, 0.3) is 0 Å². The maximum Gasteiger partial charge on any atom is 0.342 e. The minimum atomic E-state index is -0.674. The maximum absolute atomic E-state index is 13.4. The van der Waals surface area contributed by atoms with Gasteiger partial charge in [-0.05, 0) is 46.8 Å². The average molecular weight is 504 g/mol. The van der Waals surface area contributed by atoms with E-state index in [2.05, 4.69) is 9.97 Å². The molecule has 1 fully saturated rings. The van der Waals surface area contributed by atoms with Gasteiger partial charge in [-0.3, -0.25) is 19.7 Å². The molecule has 0 spiro atoms. The minimum Gasteiger partial charge on any atom is -0.459 e. The molecular weight excluding hydrogens is 478 g/mol. The molecule has 1 aliphatic heterocycles. The number of carbonyl (C=O) groups is 3. The summed E-state index contributed by atoms with van der Waals surface area (Å²) < 4.78 is 5.29. The Labute approximate surface area is 207 Å². The molecule has 0 radical (unpaired) electrons. The Kier molecular flexibility index (Phi) is 7.69. The van der Waals surface area contributed by atoms with Gasteiger partial charge in [0.25, 0.3) is 17.5 Å². The highest BCUT2D eigenvalue weighted by Gasteiger charge is 2.34. The van der Waals surface area contributed by atoms with Gasteiger partial charge < -0.3 is 14.5 Å². The van der Waals surface area contributed by atoms with Crippen LogP contribution in [0.3, 0.4) is 0 Å². The van der Waals surface area contributed by atoms with Crippen molar-refractivity contribution in [1.29, 1.82) is 0 Å². The second kappa shape index (κ2) is 10.3. The van der Waals surface area contributed by atoms with E-state index in [-0.39, 0.29) is 53.3 Å². The van der Waals surface area contributed by atoms with Crippen molar-refractivity contribution in [3.05, 3.63) is 61.7 Å². The van der Waals surface area contributed by atoms with E-state index in [9.17, 15) is 24.5 Å². The van der Waals surface area contributed by atoms with Gasteiger partial charge in [0.05, 0.1) is 16.7 Å². The third-order valence-electron chi connectivity index (χ3n) is 5.52. The second-order valence-corrected chi connectivity index (χ2v) is 8.96. The number of rotatable bonds is 5. The third kappa shape index (κ3) is 5.56. The SMILES string of the molecule is Cc1nc(C)c(C(=O)OC(C)C)c(C(=O)N2CCN(C(=O)c3ccc(Cl)c([N+](=O)[O-])c3)C(C)C2)n1. The molecule has 1 unspecified atom stereocenters. The summed E-state index contributed by atoms with van der Waals surface area (Å²) in [6.45, 7) is 8.99. The van der Waals surface area contributed by atoms with Gasteiger partial charge in [0.2, 0.25) is 0 Å². The number of hydrogen-bond acceptors (Lipinski definition) is 8. The number of halogens is 1. The maximum atomic E-state index is 13.4. The quantitative estimate of drug-likeness (QED) is 0.344. The Hall–Kier alpha value is -3.60. The molecule has 0 N–H and O–H groups in total. The number of amides is 2. The topological polar surface area (TPSA) is 136 Å². The average Bonchev–Trinajstić information content (AvgIpc) is 2.77. The summed E-state index contributed by atoms with van der Waals surface area (Å²) in [4.78, 5) is 61.2. The summed E-state index contributed by atoms with van der Waals surface area (Å²) in [6.07, 6.45) is -0.385. The molecule has 1 saturated heterocycles. The highest BCUT2D eigenvalue weighted by molar-refractivity contribution is 6.32. The molecule has 2 aromatic rings. The molecule has 2 amide bonds. The van der Waals surface area contributed by atoms with Crippen molar-refractivity contribution in [2.45, 2.75) is 46.8 Å². The predicted octanol–water partition coefficient (Wildman–Crippen LogP) is 3.21. The van der Waals surface area contributed by atoms with E-state index in [1.165, 1.54) is 17.0 Å². The van der Waals surface area contributed by atoms with Gasteiger partial charge in [-0.25, -0.2) is 14.8 Å². The van der Waals surface area contributed by atoms with Crippen molar-refractivity contribution in [3.8, 4) is 0 Å². The van der Waals surface area contributed by atoms with E-state index in [1.807, 2.05) is 0 Å². The first-order valence-corrected chi connectivity index (χ1v) is 11.4. The first kappa shape index (κ1) is 26.0. The normalized spacial score (nSPS) is 15.8. The number of esters is 1. The van der Waals surface area contributed by atoms with Gasteiger partial charge in [-0.2, -0.15) is 0 Å². The molecule has 1 aromatic heterocycles. The molecule has 0 saturated carbocycles. The number of nitrogens with zero attached hydrogens (tertiary/aromatic N) is 5. The molecule has 12 heteroatoms. The Bertz CT molecular complexity index is 1200. The molecule has 1 atom stereocenters. The molecule has 1 aliphatic rings. The van der Waals surface area contributed by atoms with Crippen LogP contribution in [0.5, 0.6) is 0 Å². The number of carbonyl (C=O) groups excluding carboxylic acids is 3. The number of benzene rings is 1. The van der Waals surface area contributed by atoms with Crippen molar-refractivity contribution in [3.63, 3.8) is 0 Å². The number of nitro benzene ring substituents is 1. The molecule has 0 bridgehead atoms. The zero-order valence-corrected chi connectivity index (χ0v) is 20.8. The number of aromatic nitrogens is 2. The van der Waals surface area contributed by atoms with Crippen molar-refractivity contribution in [1.82, 2.24) is 19.8 Å². The summed E-state index contributed by atoms with van der Waals surface area (Å²) >= 11 is 5.85.